The second-order valence-corrected chi connectivity index (χ2v) is 5.16. The van der Waals surface area contributed by atoms with Crippen LogP contribution in [-0.2, 0) is 4.74 Å². The fourth-order valence-electron chi connectivity index (χ4n) is 2.30. The van der Waals surface area contributed by atoms with Gasteiger partial charge in [-0.2, -0.15) is 0 Å². The lowest BCUT2D eigenvalue weighted by atomic mass is 9.83. The standard InChI is InChI=1S/C12H26N2O/c1-5-10(2)11(13)12(3,4)14-6-8-15-9-7-14/h10-11H,5-9,13H2,1-4H3. The molecule has 1 fully saturated rings. The van der Waals surface area contributed by atoms with E-state index in [0.717, 1.165) is 32.7 Å². The van der Waals surface area contributed by atoms with Crippen LogP contribution in [0.5, 0.6) is 0 Å². The highest BCUT2D eigenvalue weighted by Crippen LogP contribution is 2.25. The maximum absolute atomic E-state index is 6.35. The molecule has 0 amide bonds. The summed E-state index contributed by atoms with van der Waals surface area (Å²) in [6.07, 6.45) is 1.15. The van der Waals surface area contributed by atoms with Crippen molar-refractivity contribution in [3.63, 3.8) is 0 Å². The predicted octanol–water partition coefficient (Wildman–Crippen LogP) is 1.47. The Labute approximate surface area is 94.0 Å². The van der Waals surface area contributed by atoms with Crippen molar-refractivity contribution >= 4 is 0 Å². The molecule has 2 N–H and O–H groups in total. The van der Waals surface area contributed by atoms with Crippen molar-refractivity contribution in [3.8, 4) is 0 Å². The van der Waals surface area contributed by atoms with Gasteiger partial charge in [0.25, 0.3) is 0 Å². The molecule has 0 radical (unpaired) electrons. The lowest BCUT2D eigenvalue weighted by Gasteiger charge is -2.46. The Kier molecular flexibility index (Phi) is 4.56. The van der Waals surface area contributed by atoms with E-state index in [1.165, 1.54) is 0 Å². The molecule has 0 aromatic heterocycles. The molecule has 1 rings (SSSR count). The Hall–Kier alpha value is -0.120. The Morgan fingerprint density at radius 1 is 1.33 bits per heavy atom. The molecule has 2 unspecified atom stereocenters. The average molecular weight is 214 g/mol. The second-order valence-electron chi connectivity index (χ2n) is 5.16. The zero-order chi connectivity index (χ0) is 11.5. The third-order valence-corrected chi connectivity index (χ3v) is 3.90. The van der Waals surface area contributed by atoms with Crippen LogP contribution < -0.4 is 5.73 Å². The summed E-state index contributed by atoms with van der Waals surface area (Å²) < 4.78 is 5.38. The second kappa shape index (κ2) is 5.28. The Morgan fingerprint density at radius 2 is 1.87 bits per heavy atom. The third kappa shape index (κ3) is 2.92. The summed E-state index contributed by atoms with van der Waals surface area (Å²) in [5.41, 5.74) is 6.44. The molecule has 0 aromatic carbocycles. The van der Waals surface area contributed by atoms with E-state index in [-0.39, 0.29) is 11.6 Å². The van der Waals surface area contributed by atoms with E-state index in [1.807, 2.05) is 0 Å². The summed E-state index contributed by atoms with van der Waals surface area (Å²) in [6.45, 7) is 12.7. The molecule has 1 aliphatic heterocycles. The van der Waals surface area contributed by atoms with Gasteiger partial charge >= 0.3 is 0 Å². The van der Waals surface area contributed by atoms with Crippen LogP contribution in [0, 0.1) is 5.92 Å². The number of nitrogens with zero attached hydrogens (tertiary/aromatic N) is 1. The molecular weight excluding hydrogens is 188 g/mol. The Morgan fingerprint density at radius 3 is 2.33 bits per heavy atom. The molecule has 3 nitrogen and oxygen atoms in total. The average Bonchev–Trinajstić information content (AvgIpc) is 2.28. The number of rotatable bonds is 4. The maximum Gasteiger partial charge on any atom is 0.0594 e. The van der Waals surface area contributed by atoms with Gasteiger partial charge in [-0.25, -0.2) is 0 Å². The molecule has 2 atom stereocenters. The summed E-state index contributed by atoms with van der Waals surface area (Å²) >= 11 is 0. The van der Waals surface area contributed by atoms with E-state index < -0.39 is 0 Å². The summed E-state index contributed by atoms with van der Waals surface area (Å²) in [5.74, 6) is 0.572. The third-order valence-electron chi connectivity index (χ3n) is 3.90. The van der Waals surface area contributed by atoms with Gasteiger partial charge < -0.3 is 10.5 Å². The topological polar surface area (TPSA) is 38.5 Å². The van der Waals surface area contributed by atoms with Crippen LogP contribution in [0.25, 0.3) is 0 Å². The molecule has 90 valence electrons. The first-order valence-corrected chi connectivity index (χ1v) is 6.08. The molecular formula is C12H26N2O. The first-order valence-electron chi connectivity index (χ1n) is 6.08. The monoisotopic (exact) mass is 214 g/mol. The smallest absolute Gasteiger partial charge is 0.0594 e. The van der Waals surface area contributed by atoms with Crippen LogP contribution in [0.15, 0.2) is 0 Å². The molecule has 0 bridgehead atoms. The molecule has 0 aromatic rings. The summed E-state index contributed by atoms with van der Waals surface area (Å²) in [4.78, 5) is 2.47. The Balaban J connectivity index is 2.62. The van der Waals surface area contributed by atoms with Crippen molar-refractivity contribution in [1.82, 2.24) is 4.90 Å². The molecule has 0 spiro atoms. The molecule has 0 aliphatic carbocycles. The maximum atomic E-state index is 6.35. The van der Waals surface area contributed by atoms with Gasteiger partial charge in [0.05, 0.1) is 13.2 Å². The highest BCUT2D eigenvalue weighted by molar-refractivity contribution is 4.94. The van der Waals surface area contributed by atoms with E-state index in [0.29, 0.717) is 5.92 Å². The summed E-state index contributed by atoms with van der Waals surface area (Å²) in [5, 5.41) is 0. The SMILES string of the molecule is CCC(C)C(N)C(C)(C)N1CCOCC1. The van der Waals surface area contributed by atoms with Crippen LogP contribution in [0.2, 0.25) is 0 Å². The molecule has 1 heterocycles. The van der Waals surface area contributed by atoms with Crippen molar-refractivity contribution < 1.29 is 4.74 Å². The molecule has 1 saturated heterocycles. The Bertz CT molecular complexity index is 184. The fraction of sp³-hybridized carbons (Fsp3) is 1.00. The summed E-state index contributed by atoms with van der Waals surface area (Å²) in [6, 6.07) is 0.237. The first kappa shape index (κ1) is 12.9. The van der Waals surface area contributed by atoms with E-state index in [1.54, 1.807) is 0 Å². The minimum Gasteiger partial charge on any atom is -0.379 e. The van der Waals surface area contributed by atoms with Crippen LogP contribution in [0.4, 0.5) is 0 Å². The highest BCUT2D eigenvalue weighted by Gasteiger charge is 2.36. The van der Waals surface area contributed by atoms with Gasteiger partial charge in [-0.1, -0.05) is 20.3 Å². The lowest BCUT2D eigenvalue weighted by molar-refractivity contribution is -0.0249. The van der Waals surface area contributed by atoms with Gasteiger partial charge in [-0.3, -0.25) is 4.90 Å². The van der Waals surface area contributed by atoms with Gasteiger partial charge in [0.1, 0.15) is 0 Å². The first-order chi connectivity index (χ1) is 7.00. The zero-order valence-corrected chi connectivity index (χ0v) is 10.6. The molecule has 1 aliphatic rings. The molecule has 0 saturated carbocycles. The van der Waals surface area contributed by atoms with Crippen molar-refractivity contribution in [2.24, 2.45) is 11.7 Å². The van der Waals surface area contributed by atoms with Gasteiger partial charge in [0, 0.05) is 24.7 Å². The van der Waals surface area contributed by atoms with Crippen molar-refractivity contribution in [2.45, 2.75) is 45.7 Å². The van der Waals surface area contributed by atoms with Gasteiger partial charge in [0.15, 0.2) is 0 Å². The van der Waals surface area contributed by atoms with Crippen molar-refractivity contribution in [2.75, 3.05) is 26.3 Å². The number of nitrogens with two attached hydrogens (primary N) is 1. The molecule has 15 heavy (non-hydrogen) atoms. The quantitative estimate of drug-likeness (QED) is 0.770. The van der Waals surface area contributed by atoms with Crippen LogP contribution >= 0.6 is 0 Å². The van der Waals surface area contributed by atoms with E-state index in [2.05, 4.69) is 32.6 Å². The minimum absolute atomic E-state index is 0.0825. The molecule has 3 heteroatoms. The van der Waals surface area contributed by atoms with Crippen molar-refractivity contribution in [3.05, 3.63) is 0 Å². The normalized spacial score (nSPS) is 23.8. The number of hydrogen-bond acceptors (Lipinski definition) is 3. The lowest BCUT2D eigenvalue weighted by Crippen LogP contribution is -2.61. The highest BCUT2D eigenvalue weighted by atomic mass is 16.5. The summed E-state index contributed by atoms with van der Waals surface area (Å²) in [7, 11) is 0. The van der Waals surface area contributed by atoms with Crippen LogP contribution in [-0.4, -0.2) is 42.8 Å². The van der Waals surface area contributed by atoms with E-state index in [9.17, 15) is 0 Å². The number of ether oxygens (including phenoxy) is 1. The fourth-order valence-corrected chi connectivity index (χ4v) is 2.30. The zero-order valence-electron chi connectivity index (χ0n) is 10.6. The van der Waals surface area contributed by atoms with E-state index in [4.69, 9.17) is 10.5 Å². The van der Waals surface area contributed by atoms with Crippen LogP contribution in [0.1, 0.15) is 34.1 Å². The van der Waals surface area contributed by atoms with Crippen LogP contribution in [0.3, 0.4) is 0 Å². The van der Waals surface area contributed by atoms with Crippen molar-refractivity contribution in [1.29, 1.82) is 0 Å². The van der Waals surface area contributed by atoms with Gasteiger partial charge in [0.2, 0.25) is 0 Å². The number of hydrogen-bond donors (Lipinski definition) is 1. The van der Waals surface area contributed by atoms with E-state index >= 15 is 0 Å². The van der Waals surface area contributed by atoms with Gasteiger partial charge in [-0.15, -0.1) is 0 Å². The van der Waals surface area contributed by atoms with Gasteiger partial charge in [-0.05, 0) is 19.8 Å². The largest absolute Gasteiger partial charge is 0.379 e. The number of morpholine rings is 1. The predicted molar refractivity (Wildman–Crippen MR) is 63.9 cm³/mol. The minimum atomic E-state index is 0.0825.